The number of rotatable bonds is 9. The molecular weight excluding hydrogens is 496 g/mol. The third-order valence-electron chi connectivity index (χ3n) is 6.70. The molecule has 2 heterocycles. The van der Waals surface area contributed by atoms with Gasteiger partial charge in [-0.05, 0) is 53.4 Å². The van der Waals surface area contributed by atoms with E-state index in [0.717, 1.165) is 35.6 Å². The molecular formula is C30H30N4O5. The second-order valence-corrected chi connectivity index (χ2v) is 9.05. The number of aromatic nitrogens is 2. The van der Waals surface area contributed by atoms with Crippen LogP contribution in [0.4, 0.5) is 5.82 Å². The highest BCUT2D eigenvalue weighted by Crippen LogP contribution is 2.32. The van der Waals surface area contributed by atoms with Gasteiger partial charge in [0, 0.05) is 13.1 Å². The number of hydrogen-bond acceptors (Lipinski definition) is 9. The van der Waals surface area contributed by atoms with Gasteiger partial charge in [0.15, 0.2) is 23.0 Å². The summed E-state index contributed by atoms with van der Waals surface area (Å²) in [5, 5.41) is 10.1. The quantitative estimate of drug-likeness (QED) is 0.311. The molecule has 5 rings (SSSR count). The molecule has 4 aromatic rings. The van der Waals surface area contributed by atoms with Crippen LogP contribution in [-0.2, 0) is 17.8 Å². The van der Waals surface area contributed by atoms with Crippen LogP contribution in [0, 0.1) is 11.3 Å². The van der Waals surface area contributed by atoms with Gasteiger partial charge >= 0.3 is 0 Å². The molecule has 1 aliphatic rings. The van der Waals surface area contributed by atoms with Crippen LogP contribution >= 0.6 is 0 Å². The van der Waals surface area contributed by atoms with Crippen molar-refractivity contribution in [1.29, 1.82) is 5.26 Å². The lowest BCUT2D eigenvalue weighted by atomic mass is 9.98. The molecule has 9 heteroatoms. The average Bonchev–Trinajstić information content (AvgIpc) is 3.00. The third-order valence-corrected chi connectivity index (χ3v) is 6.70. The van der Waals surface area contributed by atoms with Crippen molar-refractivity contribution >= 4 is 16.9 Å². The van der Waals surface area contributed by atoms with Gasteiger partial charge in [-0.15, -0.1) is 0 Å². The highest BCUT2D eigenvalue weighted by molar-refractivity contribution is 5.83. The first-order valence-electron chi connectivity index (χ1n) is 12.7. The fourth-order valence-electron chi connectivity index (χ4n) is 4.62. The van der Waals surface area contributed by atoms with Crippen LogP contribution in [0.15, 0.2) is 54.7 Å². The fourth-order valence-corrected chi connectivity index (χ4v) is 4.62. The van der Waals surface area contributed by atoms with E-state index in [-0.39, 0.29) is 0 Å². The number of nitriles is 1. The van der Waals surface area contributed by atoms with Gasteiger partial charge < -0.3 is 28.6 Å². The van der Waals surface area contributed by atoms with E-state index in [1.54, 1.807) is 27.5 Å². The Labute approximate surface area is 227 Å². The van der Waals surface area contributed by atoms with E-state index in [4.69, 9.17) is 28.7 Å². The second-order valence-electron chi connectivity index (χ2n) is 9.05. The normalized spacial score (nSPS) is 13.1. The van der Waals surface area contributed by atoms with Crippen molar-refractivity contribution < 1.29 is 23.7 Å². The van der Waals surface area contributed by atoms with Gasteiger partial charge in [0.25, 0.3) is 0 Å². The van der Waals surface area contributed by atoms with Crippen molar-refractivity contribution in [2.75, 3.05) is 52.5 Å². The summed E-state index contributed by atoms with van der Waals surface area (Å²) in [6.45, 7) is 3.15. The van der Waals surface area contributed by atoms with Gasteiger partial charge in [0.1, 0.15) is 24.0 Å². The number of benzene rings is 3. The van der Waals surface area contributed by atoms with Crippen LogP contribution in [0.5, 0.6) is 23.0 Å². The molecule has 3 aromatic carbocycles. The molecule has 0 unspecified atom stereocenters. The van der Waals surface area contributed by atoms with Crippen LogP contribution in [0.25, 0.3) is 11.0 Å². The Morgan fingerprint density at radius 2 is 1.56 bits per heavy atom. The summed E-state index contributed by atoms with van der Waals surface area (Å²) < 4.78 is 27.8. The van der Waals surface area contributed by atoms with Gasteiger partial charge in [-0.1, -0.05) is 18.2 Å². The minimum absolute atomic E-state index is 0.337. The van der Waals surface area contributed by atoms with Crippen LogP contribution in [0.3, 0.4) is 0 Å². The lowest BCUT2D eigenvalue weighted by Crippen LogP contribution is -2.36. The van der Waals surface area contributed by atoms with Crippen LogP contribution in [0.1, 0.15) is 22.3 Å². The molecule has 0 aliphatic carbocycles. The van der Waals surface area contributed by atoms with Crippen molar-refractivity contribution in [1.82, 2.24) is 9.97 Å². The largest absolute Gasteiger partial charge is 0.493 e. The number of morpholine rings is 1. The molecule has 0 bridgehead atoms. The fraction of sp³-hybridized carbons (Fsp3) is 0.300. The molecule has 9 nitrogen and oxygen atoms in total. The number of ether oxygens (including phenoxy) is 5. The van der Waals surface area contributed by atoms with E-state index in [1.807, 2.05) is 48.5 Å². The van der Waals surface area contributed by atoms with Crippen molar-refractivity contribution in [2.45, 2.75) is 13.0 Å². The Balaban J connectivity index is 1.36. The highest BCUT2D eigenvalue weighted by Gasteiger charge is 2.17. The molecule has 200 valence electrons. The van der Waals surface area contributed by atoms with Crippen LogP contribution in [-0.4, -0.2) is 57.6 Å². The van der Waals surface area contributed by atoms with Gasteiger partial charge in [0.2, 0.25) is 0 Å². The molecule has 1 saturated heterocycles. The average molecular weight is 527 g/mol. The number of anilines is 1. The SMILES string of the molecule is COc1ccc(COc2ccc(Cc3ccc4ncc(N5CCOCC5)nc4c3C#N)cc2OC)cc1OC. The Morgan fingerprint density at radius 3 is 2.31 bits per heavy atom. The lowest BCUT2D eigenvalue weighted by Gasteiger charge is -2.27. The van der Waals surface area contributed by atoms with Crippen molar-refractivity contribution in [3.63, 3.8) is 0 Å². The summed E-state index contributed by atoms with van der Waals surface area (Å²) in [5.74, 6) is 3.30. The first-order valence-corrected chi connectivity index (χ1v) is 12.7. The Hall–Kier alpha value is -4.55. The molecule has 0 saturated carbocycles. The summed E-state index contributed by atoms with van der Waals surface area (Å²) in [6.07, 6.45) is 2.30. The van der Waals surface area contributed by atoms with Crippen molar-refractivity contribution in [3.8, 4) is 29.1 Å². The third kappa shape index (κ3) is 5.66. The Bertz CT molecular complexity index is 1510. The molecule has 0 spiro atoms. The van der Waals surface area contributed by atoms with E-state index in [0.29, 0.717) is 65.8 Å². The summed E-state index contributed by atoms with van der Waals surface area (Å²) in [7, 11) is 4.82. The molecule has 39 heavy (non-hydrogen) atoms. The zero-order valence-electron chi connectivity index (χ0n) is 22.3. The number of fused-ring (bicyclic) bond motifs is 1. The Morgan fingerprint density at radius 1 is 0.872 bits per heavy atom. The minimum Gasteiger partial charge on any atom is -0.493 e. The predicted molar refractivity (Wildman–Crippen MR) is 147 cm³/mol. The van der Waals surface area contributed by atoms with Crippen LogP contribution < -0.4 is 23.8 Å². The van der Waals surface area contributed by atoms with Gasteiger partial charge in [-0.25, -0.2) is 4.98 Å². The first-order chi connectivity index (χ1) is 19.1. The van der Waals surface area contributed by atoms with Gasteiger partial charge in [-0.3, -0.25) is 4.98 Å². The van der Waals surface area contributed by atoms with E-state index in [2.05, 4.69) is 16.0 Å². The molecule has 0 N–H and O–H groups in total. The highest BCUT2D eigenvalue weighted by atomic mass is 16.5. The molecule has 1 aliphatic heterocycles. The first kappa shape index (κ1) is 26.1. The molecule has 1 aromatic heterocycles. The topological polar surface area (TPSA) is 99.0 Å². The zero-order chi connectivity index (χ0) is 27.2. The summed E-state index contributed by atoms with van der Waals surface area (Å²) >= 11 is 0. The summed E-state index contributed by atoms with van der Waals surface area (Å²) in [4.78, 5) is 11.5. The van der Waals surface area contributed by atoms with Crippen molar-refractivity contribution in [2.24, 2.45) is 0 Å². The van der Waals surface area contributed by atoms with E-state index in [1.165, 1.54) is 0 Å². The molecule has 1 fully saturated rings. The second kappa shape index (κ2) is 11.9. The maximum absolute atomic E-state index is 10.1. The van der Waals surface area contributed by atoms with E-state index < -0.39 is 0 Å². The van der Waals surface area contributed by atoms with E-state index >= 15 is 0 Å². The Kier molecular flexibility index (Phi) is 7.94. The van der Waals surface area contributed by atoms with E-state index in [9.17, 15) is 5.26 Å². The van der Waals surface area contributed by atoms with Crippen molar-refractivity contribution in [3.05, 3.63) is 77.0 Å². The summed E-state index contributed by atoms with van der Waals surface area (Å²) in [6, 6.07) is 17.7. The minimum atomic E-state index is 0.337. The monoisotopic (exact) mass is 526 g/mol. The van der Waals surface area contributed by atoms with Crippen LogP contribution in [0.2, 0.25) is 0 Å². The van der Waals surface area contributed by atoms with Gasteiger partial charge in [-0.2, -0.15) is 5.26 Å². The maximum Gasteiger partial charge on any atom is 0.161 e. The number of methoxy groups -OCH3 is 3. The molecule has 0 amide bonds. The number of nitrogens with zero attached hydrogens (tertiary/aromatic N) is 4. The summed E-state index contributed by atoms with van der Waals surface area (Å²) in [5.41, 5.74) is 4.64. The molecule has 0 radical (unpaired) electrons. The standard InChI is InChI=1S/C30H30N4O5/c1-35-25-8-5-21(16-27(25)36-2)19-39-26-9-4-20(15-28(26)37-3)14-22-6-7-24-30(23(22)17-31)33-29(18-32-24)34-10-12-38-13-11-34/h4-9,15-16,18H,10-14,19H2,1-3H3. The molecule has 0 atom stereocenters. The lowest BCUT2D eigenvalue weighted by molar-refractivity contribution is 0.122. The predicted octanol–water partition coefficient (Wildman–Crippen LogP) is 4.53. The number of hydrogen-bond donors (Lipinski definition) is 0. The zero-order valence-corrected chi connectivity index (χ0v) is 22.3. The van der Waals surface area contributed by atoms with Gasteiger partial charge in [0.05, 0.1) is 51.8 Å². The maximum atomic E-state index is 10.1. The smallest absolute Gasteiger partial charge is 0.161 e.